The van der Waals surface area contributed by atoms with Crippen LogP contribution in [0.25, 0.3) is 0 Å². The Kier molecular flexibility index (Phi) is 10.6. The minimum absolute atomic E-state index is 0.0156. The van der Waals surface area contributed by atoms with Crippen molar-refractivity contribution >= 4 is 23.6 Å². The molecule has 12 nitrogen and oxygen atoms in total. The molecule has 0 aliphatic carbocycles. The Labute approximate surface area is 255 Å². The molecule has 3 N–H and O–H groups in total. The van der Waals surface area contributed by atoms with Crippen LogP contribution in [0.3, 0.4) is 0 Å². The molecule has 242 valence electrons. The predicted octanol–water partition coefficient (Wildman–Crippen LogP) is -0.209. The first-order valence-electron chi connectivity index (χ1n) is 16.5. The van der Waals surface area contributed by atoms with E-state index in [1.807, 2.05) is 9.80 Å². The summed E-state index contributed by atoms with van der Waals surface area (Å²) in [5.74, 6) is -0.228. The Morgan fingerprint density at radius 3 is 2.35 bits per heavy atom. The quantitative estimate of drug-likeness (QED) is 0.402. The van der Waals surface area contributed by atoms with Gasteiger partial charge in [-0.25, -0.2) is 0 Å². The SMILES string of the molecule is CC(C)N[C@H]1C[C@H]2C(=O)N[C@@H](C)[C@@H](O)CC(=O)N3CC[C@@H](CC(=O)N4CCOCC4)[C@@H](CC(=O)N4CCC(CC4)N2C1)C3. The highest BCUT2D eigenvalue weighted by atomic mass is 16.5. The van der Waals surface area contributed by atoms with E-state index in [0.717, 1.165) is 19.4 Å². The Hall–Kier alpha value is -2.28. The number of fused-ring (bicyclic) bond motifs is 8. The summed E-state index contributed by atoms with van der Waals surface area (Å²) in [6.45, 7) is 11.2. The molecule has 4 bridgehead atoms. The molecule has 6 saturated heterocycles. The van der Waals surface area contributed by atoms with E-state index in [-0.39, 0.29) is 60.0 Å². The lowest BCUT2D eigenvalue weighted by Gasteiger charge is -2.41. The van der Waals surface area contributed by atoms with E-state index in [0.29, 0.717) is 84.2 Å². The van der Waals surface area contributed by atoms with Gasteiger partial charge in [-0.2, -0.15) is 0 Å². The number of aliphatic hydroxyl groups is 1. The zero-order valence-corrected chi connectivity index (χ0v) is 26.2. The fourth-order valence-electron chi connectivity index (χ4n) is 7.79. The number of nitrogens with one attached hydrogen (secondary N) is 2. The van der Waals surface area contributed by atoms with Gasteiger partial charge in [0.05, 0.1) is 37.8 Å². The van der Waals surface area contributed by atoms with Crippen LogP contribution in [0.4, 0.5) is 0 Å². The Morgan fingerprint density at radius 2 is 1.65 bits per heavy atom. The number of carbonyl (C=O) groups excluding carboxylic acids is 4. The van der Waals surface area contributed by atoms with Crippen LogP contribution in [0.1, 0.15) is 65.7 Å². The molecule has 4 amide bonds. The van der Waals surface area contributed by atoms with Crippen molar-refractivity contribution in [3.63, 3.8) is 0 Å². The monoisotopic (exact) mass is 604 g/mol. The van der Waals surface area contributed by atoms with Crippen LogP contribution in [-0.2, 0) is 23.9 Å². The summed E-state index contributed by atoms with van der Waals surface area (Å²) < 4.78 is 5.41. The summed E-state index contributed by atoms with van der Waals surface area (Å²) in [5, 5.41) is 17.6. The smallest absolute Gasteiger partial charge is 0.237 e. The standard InChI is InChI=1S/C31H52N6O6/c1-20(2)32-24-16-26-31(42)33-21(3)27(38)17-30(41)36-7-4-22(14-28(39)35-10-12-43-13-11-35)23(18-36)15-29(40)34-8-5-25(6-9-34)37(26)19-24/h20-27,32,38H,4-19H2,1-3H3,(H,33,42)/t21-,22-,23-,24-,26-,27-/m0/s1. The highest BCUT2D eigenvalue weighted by Crippen LogP contribution is 2.33. The lowest BCUT2D eigenvalue weighted by atomic mass is 9.80. The summed E-state index contributed by atoms with van der Waals surface area (Å²) in [7, 11) is 0. The Morgan fingerprint density at radius 1 is 0.977 bits per heavy atom. The molecule has 0 aromatic carbocycles. The molecule has 6 rings (SSSR count). The molecule has 0 radical (unpaired) electrons. The number of piperidine rings is 2. The normalized spacial score (nSPS) is 35.2. The van der Waals surface area contributed by atoms with Crippen molar-refractivity contribution in [3.8, 4) is 0 Å². The van der Waals surface area contributed by atoms with Gasteiger partial charge in [-0.05, 0) is 44.4 Å². The van der Waals surface area contributed by atoms with Crippen LogP contribution in [0.15, 0.2) is 0 Å². The molecule has 0 spiro atoms. The van der Waals surface area contributed by atoms with Crippen molar-refractivity contribution in [2.45, 2.75) is 102 Å². The third kappa shape index (κ3) is 7.87. The minimum atomic E-state index is -1.02. The first-order chi connectivity index (χ1) is 20.6. The topological polar surface area (TPSA) is 135 Å². The van der Waals surface area contributed by atoms with Gasteiger partial charge in [0.1, 0.15) is 0 Å². The molecule has 6 fully saturated rings. The van der Waals surface area contributed by atoms with Crippen molar-refractivity contribution in [1.82, 2.24) is 30.2 Å². The lowest BCUT2D eigenvalue weighted by molar-refractivity contribution is -0.142. The number of aliphatic hydroxyl groups excluding tert-OH is 1. The summed E-state index contributed by atoms with van der Waals surface area (Å²) in [6.07, 6.45) is 2.50. The first kappa shape index (κ1) is 32.1. The maximum Gasteiger partial charge on any atom is 0.237 e. The number of nitrogens with zero attached hydrogens (tertiary/aromatic N) is 4. The molecule has 43 heavy (non-hydrogen) atoms. The van der Waals surface area contributed by atoms with Gasteiger partial charge in [0, 0.05) is 76.8 Å². The molecular formula is C31H52N6O6. The highest BCUT2D eigenvalue weighted by molar-refractivity contribution is 5.83. The molecule has 12 heteroatoms. The number of rotatable bonds is 4. The molecule has 6 atom stereocenters. The third-order valence-electron chi connectivity index (χ3n) is 10.3. The average molecular weight is 605 g/mol. The number of ether oxygens (including phenoxy) is 1. The maximum atomic E-state index is 13.7. The largest absolute Gasteiger partial charge is 0.390 e. The zero-order valence-electron chi connectivity index (χ0n) is 26.2. The third-order valence-corrected chi connectivity index (χ3v) is 10.3. The maximum absolute atomic E-state index is 13.7. The number of morpholine rings is 1. The minimum Gasteiger partial charge on any atom is -0.390 e. The van der Waals surface area contributed by atoms with Gasteiger partial charge < -0.3 is 35.2 Å². The van der Waals surface area contributed by atoms with Gasteiger partial charge in [0.15, 0.2) is 0 Å². The Bertz CT molecular complexity index is 1010. The molecule has 0 aromatic heterocycles. The summed E-state index contributed by atoms with van der Waals surface area (Å²) in [6, 6.07) is -0.216. The van der Waals surface area contributed by atoms with Gasteiger partial charge in [-0.3, -0.25) is 24.1 Å². The fraction of sp³-hybridized carbons (Fsp3) is 0.871. The van der Waals surface area contributed by atoms with Crippen LogP contribution in [0, 0.1) is 11.8 Å². The van der Waals surface area contributed by atoms with Crippen molar-refractivity contribution in [1.29, 1.82) is 0 Å². The molecule has 6 aliphatic rings. The number of carbonyl (C=O) groups is 4. The molecule has 0 aromatic rings. The van der Waals surface area contributed by atoms with Crippen LogP contribution in [0.5, 0.6) is 0 Å². The first-order valence-corrected chi connectivity index (χ1v) is 16.5. The molecular weight excluding hydrogens is 552 g/mol. The van der Waals surface area contributed by atoms with Gasteiger partial charge >= 0.3 is 0 Å². The van der Waals surface area contributed by atoms with Gasteiger partial charge in [0.2, 0.25) is 23.6 Å². The van der Waals surface area contributed by atoms with Crippen LogP contribution < -0.4 is 10.6 Å². The second kappa shape index (κ2) is 14.2. The van der Waals surface area contributed by atoms with Crippen LogP contribution in [-0.4, -0.2) is 144 Å². The second-order valence-electron chi connectivity index (χ2n) is 13.7. The average Bonchev–Trinajstić information content (AvgIpc) is 3.41. The predicted molar refractivity (Wildman–Crippen MR) is 160 cm³/mol. The van der Waals surface area contributed by atoms with Gasteiger partial charge in [-0.15, -0.1) is 0 Å². The fourth-order valence-corrected chi connectivity index (χ4v) is 7.79. The van der Waals surface area contributed by atoms with Gasteiger partial charge in [0.25, 0.3) is 0 Å². The number of hydrogen-bond donors (Lipinski definition) is 3. The molecule has 0 unspecified atom stereocenters. The van der Waals surface area contributed by atoms with E-state index in [1.54, 1.807) is 11.8 Å². The molecule has 0 saturated carbocycles. The van der Waals surface area contributed by atoms with E-state index >= 15 is 0 Å². The number of hydrogen-bond acceptors (Lipinski definition) is 8. The van der Waals surface area contributed by atoms with Crippen LogP contribution >= 0.6 is 0 Å². The van der Waals surface area contributed by atoms with Crippen molar-refractivity contribution in [2.24, 2.45) is 11.8 Å². The van der Waals surface area contributed by atoms with E-state index in [4.69, 9.17) is 4.74 Å². The van der Waals surface area contributed by atoms with E-state index in [2.05, 4.69) is 29.4 Å². The summed E-state index contributed by atoms with van der Waals surface area (Å²) in [4.78, 5) is 61.6. The molecule has 6 aliphatic heterocycles. The zero-order chi connectivity index (χ0) is 30.7. The highest BCUT2D eigenvalue weighted by Gasteiger charge is 2.43. The van der Waals surface area contributed by atoms with Crippen LogP contribution in [0.2, 0.25) is 0 Å². The van der Waals surface area contributed by atoms with E-state index < -0.39 is 12.1 Å². The van der Waals surface area contributed by atoms with Crippen molar-refractivity contribution in [3.05, 3.63) is 0 Å². The second-order valence-corrected chi connectivity index (χ2v) is 13.7. The van der Waals surface area contributed by atoms with E-state index in [1.165, 1.54) is 0 Å². The lowest BCUT2D eigenvalue weighted by Crippen LogP contribution is -2.54. The number of amides is 4. The van der Waals surface area contributed by atoms with Crippen molar-refractivity contribution in [2.75, 3.05) is 59.0 Å². The van der Waals surface area contributed by atoms with Gasteiger partial charge in [-0.1, -0.05) is 13.8 Å². The molecule has 6 heterocycles. The van der Waals surface area contributed by atoms with Crippen molar-refractivity contribution < 1.29 is 29.0 Å². The van der Waals surface area contributed by atoms with E-state index in [9.17, 15) is 24.3 Å². The summed E-state index contributed by atoms with van der Waals surface area (Å²) >= 11 is 0. The summed E-state index contributed by atoms with van der Waals surface area (Å²) in [5.41, 5.74) is 0. The Balaban J connectivity index is 1.33.